The number of hydrogen-bond acceptors (Lipinski definition) is 4. The van der Waals surface area contributed by atoms with E-state index in [2.05, 4.69) is 4.74 Å². The molecule has 1 aromatic heterocycles. The first-order chi connectivity index (χ1) is 7.02. The fraction of sp³-hybridized carbons (Fsp3) is 0.400. The van der Waals surface area contributed by atoms with Crippen molar-refractivity contribution >= 4 is 23.1 Å². The molecule has 5 heteroatoms. The van der Waals surface area contributed by atoms with E-state index in [-0.39, 0.29) is 4.88 Å². The largest absolute Gasteiger partial charge is 0.460 e. The molecule has 0 radical (unpaired) electrons. The van der Waals surface area contributed by atoms with Gasteiger partial charge in [-0.25, -0.2) is 9.18 Å². The summed E-state index contributed by atoms with van der Waals surface area (Å²) in [6.07, 6.45) is -2.64. The highest BCUT2D eigenvalue weighted by atomic mass is 32.1. The van der Waals surface area contributed by atoms with E-state index in [1.165, 1.54) is 6.07 Å². The van der Waals surface area contributed by atoms with Gasteiger partial charge in [0.2, 0.25) is 5.78 Å². The molecule has 0 aliphatic heterocycles. The summed E-state index contributed by atoms with van der Waals surface area (Å²) in [7, 11) is 0. The summed E-state index contributed by atoms with van der Waals surface area (Å²) in [4.78, 5) is 22.7. The van der Waals surface area contributed by atoms with Crippen molar-refractivity contribution < 1.29 is 18.7 Å². The van der Waals surface area contributed by atoms with Gasteiger partial charge >= 0.3 is 5.97 Å². The minimum absolute atomic E-state index is 0.225. The number of hydrogen-bond donors (Lipinski definition) is 0. The van der Waals surface area contributed by atoms with E-state index in [1.807, 2.05) is 0 Å². The zero-order valence-corrected chi connectivity index (χ0v) is 9.21. The van der Waals surface area contributed by atoms with Crippen LogP contribution in [0.25, 0.3) is 0 Å². The van der Waals surface area contributed by atoms with Crippen LogP contribution < -0.4 is 0 Å². The summed E-state index contributed by atoms with van der Waals surface area (Å²) in [5.74, 6) is -1.96. The van der Waals surface area contributed by atoms with Crippen LogP contribution in [0.1, 0.15) is 23.5 Å². The third kappa shape index (κ3) is 3.13. The highest BCUT2D eigenvalue weighted by Gasteiger charge is 2.29. The predicted octanol–water partition coefficient (Wildman–Crippen LogP) is 2.22. The number of esters is 1. The van der Waals surface area contributed by atoms with Gasteiger partial charge in [-0.05, 0) is 25.3 Å². The number of rotatable bonds is 4. The van der Waals surface area contributed by atoms with Crippen molar-refractivity contribution in [2.45, 2.75) is 26.1 Å². The second-order valence-electron chi connectivity index (χ2n) is 3.19. The fourth-order valence-corrected chi connectivity index (χ4v) is 1.62. The Hall–Kier alpha value is -1.23. The molecule has 1 atom stereocenters. The van der Waals surface area contributed by atoms with Crippen molar-refractivity contribution in [1.29, 1.82) is 0 Å². The molecular weight excluding hydrogens is 219 g/mol. The topological polar surface area (TPSA) is 43.4 Å². The van der Waals surface area contributed by atoms with E-state index < -0.39 is 24.0 Å². The molecule has 0 aromatic carbocycles. The quantitative estimate of drug-likeness (QED) is 0.452. The molecule has 0 aliphatic carbocycles. The maximum absolute atomic E-state index is 13.3. The van der Waals surface area contributed by atoms with Crippen molar-refractivity contribution in [1.82, 2.24) is 0 Å². The molecule has 0 saturated heterocycles. The van der Waals surface area contributed by atoms with Gasteiger partial charge in [-0.2, -0.15) is 0 Å². The average molecular weight is 230 g/mol. The van der Waals surface area contributed by atoms with Gasteiger partial charge in [-0.15, -0.1) is 11.3 Å². The third-order valence-corrected chi connectivity index (χ3v) is 2.44. The second kappa shape index (κ2) is 5.02. The van der Waals surface area contributed by atoms with Crippen molar-refractivity contribution in [2.75, 3.05) is 0 Å². The normalized spacial score (nSPS) is 12.5. The Kier molecular flexibility index (Phi) is 3.96. The monoisotopic (exact) mass is 230 g/mol. The summed E-state index contributed by atoms with van der Waals surface area (Å²) in [5, 5.41) is 1.65. The lowest BCUT2D eigenvalue weighted by Gasteiger charge is -2.09. The SMILES string of the molecule is CC(C)OC(=O)C(F)C(=O)c1cccs1. The van der Waals surface area contributed by atoms with Gasteiger partial charge in [0.1, 0.15) is 0 Å². The summed E-state index contributed by atoms with van der Waals surface area (Å²) in [5.41, 5.74) is 0. The predicted molar refractivity (Wildman–Crippen MR) is 54.8 cm³/mol. The van der Waals surface area contributed by atoms with Crippen LogP contribution in [0.2, 0.25) is 0 Å². The number of ketones is 1. The van der Waals surface area contributed by atoms with Crippen LogP contribution >= 0.6 is 11.3 Å². The first-order valence-corrected chi connectivity index (χ1v) is 5.32. The third-order valence-electron chi connectivity index (χ3n) is 1.55. The van der Waals surface area contributed by atoms with E-state index in [9.17, 15) is 14.0 Å². The van der Waals surface area contributed by atoms with Crippen molar-refractivity contribution in [3.8, 4) is 0 Å². The molecule has 3 nitrogen and oxygen atoms in total. The first kappa shape index (κ1) is 11.8. The van der Waals surface area contributed by atoms with Crippen LogP contribution in [0.5, 0.6) is 0 Å². The number of carbonyl (C=O) groups is 2. The van der Waals surface area contributed by atoms with Gasteiger partial charge < -0.3 is 4.74 Å². The van der Waals surface area contributed by atoms with Gasteiger partial charge in [0.25, 0.3) is 6.17 Å². The van der Waals surface area contributed by atoms with Crippen LogP contribution in [0.15, 0.2) is 17.5 Å². The van der Waals surface area contributed by atoms with Crippen LogP contribution in [0.4, 0.5) is 4.39 Å². The van der Waals surface area contributed by atoms with Gasteiger partial charge in [-0.1, -0.05) is 6.07 Å². The number of alkyl halides is 1. The van der Waals surface area contributed by atoms with Gasteiger partial charge in [-0.3, -0.25) is 4.79 Å². The smallest absolute Gasteiger partial charge is 0.349 e. The number of Topliss-reactive ketones (excluding diaryl/α,β-unsaturated/α-hetero) is 1. The first-order valence-electron chi connectivity index (χ1n) is 4.44. The molecule has 15 heavy (non-hydrogen) atoms. The average Bonchev–Trinajstić information content (AvgIpc) is 2.67. The number of carbonyl (C=O) groups excluding carboxylic acids is 2. The minimum Gasteiger partial charge on any atom is -0.460 e. The fourth-order valence-electron chi connectivity index (χ4n) is 0.943. The van der Waals surface area contributed by atoms with Crippen molar-refractivity contribution in [3.05, 3.63) is 22.4 Å². The standard InChI is InChI=1S/C10H11FO3S/c1-6(2)14-10(13)8(11)9(12)7-4-3-5-15-7/h3-6,8H,1-2H3. The Morgan fingerprint density at radius 1 is 1.47 bits per heavy atom. The Balaban J connectivity index is 2.65. The zero-order chi connectivity index (χ0) is 11.4. The van der Waals surface area contributed by atoms with E-state index in [1.54, 1.807) is 25.3 Å². The molecular formula is C10H11FO3S. The molecule has 0 amide bonds. The van der Waals surface area contributed by atoms with E-state index in [0.717, 1.165) is 11.3 Å². The molecule has 82 valence electrons. The van der Waals surface area contributed by atoms with Crippen LogP contribution in [-0.4, -0.2) is 24.0 Å². The van der Waals surface area contributed by atoms with Gasteiger partial charge in [0.15, 0.2) is 0 Å². The molecule has 1 aromatic rings. The maximum atomic E-state index is 13.3. The van der Waals surface area contributed by atoms with Crippen molar-refractivity contribution in [3.63, 3.8) is 0 Å². The molecule has 0 saturated carbocycles. The number of halogens is 1. The van der Waals surface area contributed by atoms with Crippen LogP contribution in [-0.2, 0) is 9.53 Å². The highest BCUT2D eigenvalue weighted by molar-refractivity contribution is 7.12. The Morgan fingerprint density at radius 3 is 2.60 bits per heavy atom. The van der Waals surface area contributed by atoms with Crippen LogP contribution in [0, 0.1) is 0 Å². The highest BCUT2D eigenvalue weighted by Crippen LogP contribution is 2.14. The molecule has 0 aliphatic rings. The number of ether oxygens (including phenoxy) is 1. The summed E-state index contributed by atoms with van der Waals surface area (Å²) in [6, 6.07) is 3.10. The minimum atomic E-state index is -2.22. The molecule has 0 bridgehead atoms. The Morgan fingerprint density at radius 2 is 2.13 bits per heavy atom. The van der Waals surface area contributed by atoms with Crippen molar-refractivity contribution in [2.24, 2.45) is 0 Å². The van der Waals surface area contributed by atoms with Gasteiger partial charge in [0.05, 0.1) is 11.0 Å². The lowest BCUT2D eigenvalue weighted by molar-refractivity contribution is -0.151. The van der Waals surface area contributed by atoms with Crippen LogP contribution in [0.3, 0.4) is 0 Å². The molecule has 0 N–H and O–H groups in total. The molecule has 1 rings (SSSR count). The zero-order valence-electron chi connectivity index (χ0n) is 8.40. The lowest BCUT2D eigenvalue weighted by atomic mass is 10.2. The maximum Gasteiger partial charge on any atom is 0.349 e. The van der Waals surface area contributed by atoms with E-state index in [4.69, 9.17) is 0 Å². The summed E-state index contributed by atoms with van der Waals surface area (Å²) >= 11 is 1.10. The van der Waals surface area contributed by atoms with E-state index in [0.29, 0.717) is 0 Å². The summed E-state index contributed by atoms with van der Waals surface area (Å²) < 4.78 is 17.9. The Bertz CT molecular complexity index is 346. The Labute approximate surface area is 90.9 Å². The molecule has 0 spiro atoms. The summed E-state index contributed by atoms with van der Waals surface area (Å²) in [6.45, 7) is 3.19. The molecule has 1 heterocycles. The molecule has 0 fully saturated rings. The van der Waals surface area contributed by atoms with Gasteiger partial charge in [0, 0.05) is 0 Å². The van der Waals surface area contributed by atoms with E-state index >= 15 is 0 Å². The second-order valence-corrected chi connectivity index (χ2v) is 4.14. The molecule has 1 unspecified atom stereocenters. The number of thiophene rings is 1. The lowest BCUT2D eigenvalue weighted by Crippen LogP contribution is -2.29.